The molecule has 0 fully saturated rings. The Bertz CT molecular complexity index is 69.7. The second kappa shape index (κ2) is 2.36. The van der Waals surface area contributed by atoms with E-state index in [1.54, 1.807) is 0 Å². The monoisotopic (exact) mass is 125 g/mol. The Balaban J connectivity index is 3.75. The fraction of sp³-hybridized carbons (Fsp3) is 1.00. The van der Waals surface area contributed by atoms with E-state index in [0.717, 1.165) is 0 Å². The number of rotatable bonds is 0. The van der Waals surface area contributed by atoms with Crippen LogP contribution >= 0.6 is 0 Å². The van der Waals surface area contributed by atoms with Crippen LogP contribution < -0.4 is 0 Å². The molecule has 0 N–H and O–H groups in total. The summed E-state index contributed by atoms with van der Waals surface area (Å²) in [4.78, 5) is 0. The second-order valence-electron chi connectivity index (χ2n) is 4.88. The summed E-state index contributed by atoms with van der Waals surface area (Å²) in [6, 6.07) is 0. The minimum atomic E-state index is 0.359. The number of hydrogen-bond donors (Lipinski definition) is 0. The van der Waals surface area contributed by atoms with Crippen molar-refractivity contribution in [1.82, 2.24) is 0 Å². The summed E-state index contributed by atoms with van der Waals surface area (Å²) in [6.45, 7) is 13.4. The molecule has 0 aromatic rings. The van der Waals surface area contributed by atoms with Gasteiger partial charge in [0, 0.05) is 0 Å². The van der Waals surface area contributed by atoms with Crippen LogP contribution in [0.3, 0.4) is 0 Å². The molecule has 0 spiro atoms. The zero-order valence-electron chi connectivity index (χ0n) is 7.58. The summed E-state index contributed by atoms with van der Waals surface area (Å²) in [7, 11) is 2.38. The second-order valence-corrected chi connectivity index (χ2v) is 4.88. The van der Waals surface area contributed by atoms with Crippen molar-refractivity contribution >= 4 is 7.28 Å². The maximum Gasteiger partial charge on any atom is -0.0975 e. The van der Waals surface area contributed by atoms with Gasteiger partial charge in [-0.1, -0.05) is 41.5 Å². The summed E-state index contributed by atoms with van der Waals surface area (Å²) >= 11 is 0. The molecule has 0 atom stereocenters. The predicted molar refractivity (Wildman–Crippen MR) is 45.2 cm³/mol. The number of hydrogen-bond acceptors (Lipinski definition) is 0. The molecule has 2 radical (unpaired) electrons. The van der Waals surface area contributed by atoms with Crippen molar-refractivity contribution in [1.29, 1.82) is 0 Å². The van der Waals surface area contributed by atoms with Gasteiger partial charge in [-0.15, -0.1) is 0 Å². The quantitative estimate of drug-likeness (QED) is 0.436. The zero-order valence-corrected chi connectivity index (χ0v) is 7.58. The van der Waals surface area contributed by atoms with E-state index in [0.29, 0.717) is 10.6 Å². The molecule has 0 saturated carbocycles. The molecule has 0 nitrogen and oxygen atoms in total. The molecule has 0 unspecified atom stereocenters. The molecule has 0 aliphatic carbocycles. The zero-order chi connectivity index (χ0) is 7.71. The van der Waals surface area contributed by atoms with Crippen LogP contribution in [0.2, 0.25) is 10.6 Å². The lowest BCUT2D eigenvalue weighted by molar-refractivity contribution is 0.668. The van der Waals surface area contributed by atoms with Crippen molar-refractivity contribution in [2.45, 2.75) is 52.2 Å². The highest BCUT2D eigenvalue weighted by Crippen LogP contribution is 2.33. The van der Waals surface area contributed by atoms with Gasteiger partial charge in [0.2, 0.25) is 0 Å². The van der Waals surface area contributed by atoms with Gasteiger partial charge in [0.1, 0.15) is 0 Å². The lowest BCUT2D eigenvalue weighted by Gasteiger charge is -2.44. The summed E-state index contributed by atoms with van der Waals surface area (Å²) in [5.74, 6) is 0. The highest BCUT2D eigenvalue weighted by atomic mass is 14.1. The first kappa shape index (κ1) is 9.06. The summed E-state index contributed by atoms with van der Waals surface area (Å²) < 4.78 is 0. The Morgan fingerprint density at radius 2 is 0.889 bits per heavy atom. The lowest BCUT2D eigenvalue weighted by Crippen LogP contribution is -2.18. The molecule has 9 heavy (non-hydrogen) atoms. The molecule has 54 valence electrons. The van der Waals surface area contributed by atoms with Crippen molar-refractivity contribution in [3.8, 4) is 0 Å². The molecule has 0 aliphatic heterocycles. The van der Waals surface area contributed by atoms with E-state index >= 15 is 0 Å². The van der Waals surface area contributed by atoms with Crippen LogP contribution in [0.4, 0.5) is 0 Å². The first-order valence-corrected chi connectivity index (χ1v) is 3.58. The Kier molecular flexibility index (Phi) is 2.38. The van der Waals surface area contributed by atoms with Crippen molar-refractivity contribution in [3.05, 3.63) is 0 Å². The topological polar surface area (TPSA) is 0 Å². The fourth-order valence-electron chi connectivity index (χ4n) is 1.30. The average Bonchev–Trinajstić information content (AvgIpc) is 1.14. The first-order valence-electron chi connectivity index (χ1n) is 3.58. The van der Waals surface area contributed by atoms with Crippen LogP contribution in [-0.2, 0) is 0 Å². The molecule has 0 bridgehead atoms. The Morgan fingerprint density at radius 1 is 0.667 bits per heavy atom. The highest BCUT2D eigenvalue weighted by Gasteiger charge is 2.04. The largest absolute Gasteiger partial charge is 0.322 e. The van der Waals surface area contributed by atoms with Gasteiger partial charge in [-0.3, -0.25) is 0 Å². The Labute approximate surface area is 60.3 Å². The molecular formula is C8H18B-. The molecule has 0 rings (SSSR count). The van der Waals surface area contributed by atoms with Crippen LogP contribution in [0.15, 0.2) is 0 Å². The molecule has 0 saturated heterocycles. The third-order valence-corrected chi connectivity index (χ3v) is 0.866. The van der Waals surface area contributed by atoms with Crippen LogP contribution in [0, 0.1) is 0 Å². The van der Waals surface area contributed by atoms with E-state index in [1.165, 1.54) is 0 Å². The predicted octanol–water partition coefficient (Wildman–Crippen LogP) is 3.13. The van der Waals surface area contributed by atoms with Crippen molar-refractivity contribution < 1.29 is 0 Å². The first-order chi connectivity index (χ1) is 3.71. The Morgan fingerprint density at radius 3 is 0.889 bits per heavy atom. The minimum absolute atomic E-state index is 0.359. The van der Waals surface area contributed by atoms with E-state index in [1.807, 2.05) is 0 Å². The maximum absolute atomic E-state index is 2.38. The van der Waals surface area contributed by atoms with Gasteiger partial charge >= 0.3 is 0 Å². The van der Waals surface area contributed by atoms with Crippen LogP contribution in [0.1, 0.15) is 41.5 Å². The molecule has 0 aromatic carbocycles. The standard InChI is InChI=1S/C8H18B/c1-7(2,3)9-8(4,5)6/h1-6H3/q-1. The highest BCUT2D eigenvalue weighted by molar-refractivity contribution is 6.43. The van der Waals surface area contributed by atoms with E-state index < -0.39 is 0 Å². The smallest absolute Gasteiger partial charge is 0.0975 e. The fourth-order valence-corrected chi connectivity index (χ4v) is 1.30. The molecule has 0 aromatic heterocycles. The molecular weight excluding hydrogens is 107 g/mol. The van der Waals surface area contributed by atoms with Crippen molar-refractivity contribution in [2.75, 3.05) is 0 Å². The normalized spacial score (nSPS) is 14.0. The van der Waals surface area contributed by atoms with Gasteiger partial charge in [0.05, 0.1) is 0 Å². The minimum Gasteiger partial charge on any atom is -0.322 e. The van der Waals surface area contributed by atoms with E-state index in [4.69, 9.17) is 0 Å². The van der Waals surface area contributed by atoms with Gasteiger partial charge < -0.3 is 7.28 Å². The van der Waals surface area contributed by atoms with Gasteiger partial charge in [-0.25, -0.2) is 10.6 Å². The maximum atomic E-state index is 2.38. The van der Waals surface area contributed by atoms with Crippen LogP contribution in [0.5, 0.6) is 0 Å². The average molecular weight is 125 g/mol. The van der Waals surface area contributed by atoms with E-state index in [2.05, 4.69) is 48.8 Å². The molecule has 1 heteroatoms. The van der Waals surface area contributed by atoms with Crippen molar-refractivity contribution in [2.24, 2.45) is 0 Å². The van der Waals surface area contributed by atoms with E-state index in [-0.39, 0.29) is 0 Å². The van der Waals surface area contributed by atoms with Crippen LogP contribution in [0.25, 0.3) is 0 Å². The van der Waals surface area contributed by atoms with Gasteiger partial charge in [-0.2, -0.15) is 0 Å². The van der Waals surface area contributed by atoms with Gasteiger partial charge in [0.15, 0.2) is 0 Å². The lowest BCUT2D eigenvalue weighted by atomic mass is 9.42. The summed E-state index contributed by atoms with van der Waals surface area (Å²) in [6.07, 6.45) is 0. The summed E-state index contributed by atoms with van der Waals surface area (Å²) in [5, 5.41) is 0.719. The van der Waals surface area contributed by atoms with Crippen molar-refractivity contribution in [3.63, 3.8) is 0 Å². The SMILES string of the molecule is CC(C)(C)[B-]C(C)(C)C. The molecule has 0 amide bonds. The van der Waals surface area contributed by atoms with Gasteiger partial charge in [-0.05, 0) is 0 Å². The van der Waals surface area contributed by atoms with Crippen LogP contribution in [-0.4, -0.2) is 7.28 Å². The Hall–Kier alpha value is 0.0649. The summed E-state index contributed by atoms with van der Waals surface area (Å²) in [5.41, 5.74) is 0. The van der Waals surface area contributed by atoms with Gasteiger partial charge in [0.25, 0.3) is 0 Å². The third kappa shape index (κ3) is 8.06. The molecule has 0 heterocycles. The molecule has 0 aliphatic rings. The van der Waals surface area contributed by atoms with E-state index in [9.17, 15) is 0 Å². The third-order valence-electron chi connectivity index (χ3n) is 0.866.